The van der Waals surface area contributed by atoms with E-state index < -0.39 is 0 Å². The minimum Gasteiger partial charge on any atom is -0.456 e. The predicted molar refractivity (Wildman–Crippen MR) is 206 cm³/mol. The summed E-state index contributed by atoms with van der Waals surface area (Å²) >= 11 is 0. The van der Waals surface area contributed by atoms with Crippen LogP contribution in [0.3, 0.4) is 0 Å². The first-order valence-corrected chi connectivity index (χ1v) is 16.7. The minimum absolute atomic E-state index is 0.898. The number of aromatic nitrogens is 1. The minimum atomic E-state index is 0.898. The van der Waals surface area contributed by atoms with Crippen molar-refractivity contribution in [2.24, 2.45) is 0 Å². The summed E-state index contributed by atoms with van der Waals surface area (Å²) in [6.45, 7) is 0. The van der Waals surface area contributed by atoms with Gasteiger partial charge in [-0.15, -0.1) is 0 Å². The van der Waals surface area contributed by atoms with E-state index in [0.29, 0.717) is 0 Å². The molecule has 10 aromatic rings. The lowest BCUT2D eigenvalue weighted by atomic mass is 9.99. The number of anilines is 3. The van der Waals surface area contributed by atoms with Gasteiger partial charge in [-0.3, -0.25) is 0 Å². The quantitative estimate of drug-likeness (QED) is 0.190. The van der Waals surface area contributed by atoms with E-state index in [1.165, 1.54) is 38.2 Å². The highest BCUT2D eigenvalue weighted by Gasteiger charge is 2.23. The molecule has 0 unspecified atom stereocenters. The lowest BCUT2D eigenvalue weighted by Gasteiger charge is -2.29. The maximum atomic E-state index is 6.34. The van der Waals surface area contributed by atoms with E-state index in [1.807, 2.05) is 6.07 Å². The molecular weight excluding hydrogens is 597 g/mol. The molecule has 0 fully saturated rings. The Morgan fingerprint density at radius 1 is 0.429 bits per heavy atom. The molecule has 0 aliphatic carbocycles. The van der Waals surface area contributed by atoms with Crippen LogP contribution in [0, 0.1) is 0 Å². The van der Waals surface area contributed by atoms with Crippen molar-refractivity contribution in [1.82, 2.24) is 4.57 Å². The highest BCUT2D eigenvalue weighted by molar-refractivity contribution is 6.20. The summed E-state index contributed by atoms with van der Waals surface area (Å²) in [5.74, 6) is 0. The molecule has 0 saturated heterocycles. The summed E-state index contributed by atoms with van der Waals surface area (Å²) in [4.78, 5) is 2.45. The van der Waals surface area contributed by atoms with Gasteiger partial charge < -0.3 is 13.9 Å². The van der Waals surface area contributed by atoms with E-state index in [1.54, 1.807) is 0 Å². The van der Waals surface area contributed by atoms with Crippen molar-refractivity contribution >= 4 is 71.6 Å². The van der Waals surface area contributed by atoms with E-state index in [2.05, 4.69) is 185 Å². The number of benzene rings is 8. The Kier molecular flexibility index (Phi) is 6.18. The van der Waals surface area contributed by atoms with Crippen molar-refractivity contribution in [3.05, 3.63) is 182 Å². The zero-order valence-corrected chi connectivity index (χ0v) is 26.6. The van der Waals surface area contributed by atoms with Crippen LogP contribution in [0.2, 0.25) is 0 Å². The van der Waals surface area contributed by atoms with Gasteiger partial charge in [0.2, 0.25) is 0 Å². The van der Waals surface area contributed by atoms with E-state index in [9.17, 15) is 0 Å². The fourth-order valence-corrected chi connectivity index (χ4v) is 7.65. The van der Waals surface area contributed by atoms with Gasteiger partial charge in [-0.25, -0.2) is 0 Å². The first-order chi connectivity index (χ1) is 24.3. The van der Waals surface area contributed by atoms with Crippen LogP contribution in [0.15, 0.2) is 186 Å². The standard InChI is InChI=1S/C46H30N2O/c1-3-14-31(15-4-1)35-18-7-10-21-39(35)48(34-28-26-32-27-29-44-45(38(32)30-34)37-20-9-12-25-43(37)49-44)42-24-13-23-41-46(42)36-19-8-11-22-40(36)47(41)33-16-5-2-6-17-33/h1-30H. The van der Waals surface area contributed by atoms with Gasteiger partial charge in [-0.2, -0.15) is 0 Å². The molecule has 2 heterocycles. The molecule has 0 N–H and O–H groups in total. The molecular formula is C46H30N2O. The van der Waals surface area contributed by atoms with Crippen LogP contribution in [0.1, 0.15) is 0 Å². The largest absolute Gasteiger partial charge is 0.456 e. The summed E-state index contributed by atoms with van der Waals surface area (Å²) in [5.41, 5.74) is 10.9. The van der Waals surface area contributed by atoms with Gasteiger partial charge in [0.1, 0.15) is 11.2 Å². The summed E-state index contributed by atoms with van der Waals surface area (Å²) in [6, 6.07) is 65.0. The number of hydrogen-bond donors (Lipinski definition) is 0. The Morgan fingerprint density at radius 2 is 1.10 bits per heavy atom. The van der Waals surface area contributed by atoms with Gasteiger partial charge in [0.25, 0.3) is 0 Å². The van der Waals surface area contributed by atoms with Gasteiger partial charge in [0, 0.05) is 38.5 Å². The summed E-state index contributed by atoms with van der Waals surface area (Å²) in [7, 11) is 0. The van der Waals surface area contributed by atoms with Crippen LogP contribution in [0.4, 0.5) is 17.1 Å². The van der Waals surface area contributed by atoms with Gasteiger partial charge in [-0.1, -0.05) is 121 Å². The van der Waals surface area contributed by atoms with Crippen molar-refractivity contribution in [1.29, 1.82) is 0 Å². The molecule has 49 heavy (non-hydrogen) atoms. The molecule has 0 amide bonds. The number of fused-ring (bicyclic) bond motifs is 8. The molecule has 0 aliphatic heterocycles. The average Bonchev–Trinajstić information content (AvgIpc) is 3.72. The van der Waals surface area contributed by atoms with Crippen LogP contribution in [0.25, 0.3) is 71.3 Å². The molecule has 0 spiro atoms. The summed E-state index contributed by atoms with van der Waals surface area (Å²) in [5, 5.41) is 7.04. The maximum absolute atomic E-state index is 6.34. The topological polar surface area (TPSA) is 21.3 Å². The van der Waals surface area contributed by atoms with Crippen LogP contribution in [0.5, 0.6) is 0 Å². The van der Waals surface area contributed by atoms with Crippen LogP contribution in [-0.2, 0) is 0 Å². The van der Waals surface area contributed by atoms with Crippen molar-refractivity contribution in [2.45, 2.75) is 0 Å². The highest BCUT2D eigenvalue weighted by atomic mass is 16.3. The third-order valence-electron chi connectivity index (χ3n) is 9.76. The van der Waals surface area contributed by atoms with E-state index in [0.717, 1.165) is 50.2 Å². The Balaban J connectivity index is 1.32. The van der Waals surface area contributed by atoms with Crippen molar-refractivity contribution < 1.29 is 4.42 Å². The number of hydrogen-bond acceptors (Lipinski definition) is 2. The molecule has 3 heteroatoms. The highest BCUT2D eigenvalue weighted by Crippen LogP contribution is 2.47. The van der Waals surface area contributed by atoms with Crippen LogP contribution < -0.4 is 4.90 Å². The molecule has 2 aromatic heterocycles. The summed E-state index contributed by atoms with van der Waals surface area (Å²) in [6.07, 6.45) is 0. The Morgan fingerprint density at radius 3 is 1.98 bits per heavy atom. The molecule has 0 bridgehead atoms. The maximum Gasteiger partial charge on any atom is 0.136 e. The lowest BCUT2D eigenvalue weighted by Crippen LogP contribution is -2.11. The third-order valence-corrected chi connectivity index (χ3v) is 9.76. The molecule has 0 atom stereocenters. The molecule has 0 saturated carbocycles. The van der Waals surface area contributed by atoms with Crippen molar-refractivity contribution in [2.75, 3.05) is 4.90 Å². The second-order valence-corrected chi connectivity index (χ2v) is 12.5. The van der Waals surface area contributed by atoms with Gasteiger partial charge >= 0.3 is 0 Å². The van der Waals surface area contributed by atoms with E-state index in [-0.39, 0.29) is 0 Å². The fourth-order valence-electron chi connectivity index (χ4n) is 7.65. The number of nitrogens with zero attached hydrogens (tertiary/aromatic N) is 2. The SMILES string of the molecule is c1ccc(-c2ccccc2N(c2ccc3ccc4oc5ccccc5c4c3c2)c2cccc3c2c2ccccc2n3-c2ccccc2)cc1. The normalized spacial score (nSPS) is 11.7. The lowest BCUT2D eigenvalue weighted by molar-refractivity contribution is 0.669. The second-order valence-electron chi connectivity index (χ2n) is 12.5. The zero-order chi connectivity index (χ0) is 32.3. The van der Waals surface area contributed by atoms with Crippen LogP contribution >= 0.6 is 0 Å². The zero-order valence-electron chi connectivity index (χ0n) is 26.6. The monoisotopic (exact) mass is 626 g/mol. The number of rotatable bonds is 5. The van der Waals surface area contributed by atoms with Crippen molar-refractivity contribution in [3.63, 3.8) is 0 Å². The molecule has 3 nitrogen and oxygen atoms in total. The Labute approximate surface area is 283 Å². The van der Waals surface area contributed by atoms with Crippen molar-refractivity contribution in [3.8, 4) is 16.8 Å². The second kappa shape index (κ2) is 11.0. The smallest absolute Gasteiger partial charge is 0.136 e. The summed E-state index contributed by atoms with van der Waals surface area (Å²) < 4.78 is 8.73. The molecule has 8 aromatic carbocycles. The molecule has 0 radical (unpaired) electrons. The predicted octanol–water partition coefficient (Wildman–Crippen LogP) is 13.0. The van der Waals surface area contributed by atoms with Gasteiger partial charge in [0.05, 0.1) is 22.4 Å². The molecule has 0 aliphatic rings. The Hall–Kier alpha value is -6.58. The number of furan rings is 1. The first kappa shape index (κ1) is 27.5. The van der Waals surface area contributed by atoms with E-state index in [4.69, 9.17) is 4.42 Å². The van der Waals surface area contributed by atoms with Gasteiger partial charge in [0.15, 0.2) is 0 Å². The Bertz CT molecular complexity index is 2830. The van der Waals surface area contributed by atoms with E-state index >= 15 is 0 Å². The molecule has 230 valence electrons. The molecule has 10 rings (SSSR count). The average molecular weight is 627 g/mol. The third kappa shape index (κ3) is 4.29. The first-order valence-electron chi connectivity index (χ1n) is 16.7. The van der Waals surface area contributed by atoms with Crippen LogP contribution in [-0.4, -0.2) is 4.57 Å². The fraction of sp³-hybridized carbons (Fsp3) is 0. The number of para-hydroxylation sites is 4. The van der Waals surface area contributed by atoms with Gasteiger partial charge in [-0.05, 0) is 77.0 Å².